The Morgan fingerprint density at radius 2 is 2.00 bits per heavy atom. The van der Waals surface area contributed by atoms with Crippen LogP contribution in [0.15, 0.2) is 24.3 Å². The standard InChI is InChI=1S/C19H26N2O2/c1-14-3-2-4-15(9-14)10-21-12-16-11-20(13-18(16)19(21)22)17-5-7-23-8-6-17/h2-4,9,16-18H,5-8,10-13H2,1H3/t16-,18-/m0/s1. The maximum atomic E-state index is 12.8. The average Bonchev–Trinajstić information content (AvgIpc) is 3.09. The average molecular weight is 314 g/mol. The van der Waals surface area contributed by atoms with E-state index in [2.05, 4.69) is 41.0 Å². The highest BCUT2D eigenvalue weighted by molar-refractivity contribution is 5.82. The second kappa shape index (κ2) is 6.25. The van der Waals surface area contributed by atoms with Crippen molar-refractivity contribution >= 4 is 5.91 Å². The minimum atomic E-state index is 0.225. The number of nitrogens with zero attached hydrogens (tertiary/aromatic N) is 2. The van der Waals surface area contributed by atoms with Gasteiger partial charge in [-0.25, -0.2) is 0 Å². The summed E-state index contributed by atoms with van der Waals surface area (Å²) < 4.78 is 5.47. The number of benzene rings is 1. The maximum Gasteiger partial charge on any atom is 0.227 e. The first-order valence-electron chi connectivity index (χ1n) is 8.87. The van der Waals surface area contributed by atoms with Gasteiger partial charge in [0.2, 0.25) is 5.91 Å². The zero-order valence-electron chi connectivity index (χ0n) is 13.9. The molecule has 3 aliphatic heterocycles. The Morgan fingerprint density at radius 1 is 1.17 bits per heavy atom. The highest BCUT2D eigenvalue weighted by Gasteiger charge is 2.47. The maximum absolute atomic E-state index is 12.8. The number of carbonyl (C=O) groups excluding carboxylic acids is 1. The van der Waals surface area contributed by atoms with Crippen LogP contribution in [0.2, 0.25) is 0 Å². The van der Waals surface area contributed by atoms with Crippen LogP contribution >= 0.6 is 0 Å². The minimum absolute atomic E-state index is 0.225. The molecule has 3 heterocycles. The third-order valence-corrected chi connectivity index (χ3v) is 5.72. The third-order valence-electron chi connectivity index (χ3n) is 5.72. The monoisotopic (exact) mass is 314 g/mol. The molecule has 1 amide bonds. The van der Waals surface area contributed by atoms with Gasteiger partial charge >= 0.3 is 0 Å². The van der Waals surface area contributed by atoms with Crippen molar-refractivity contribution in [1.82, 2.24) is 9.80 Å². The Kier molecular flexibility index (Phi) is 4.12. The largest absolute Gasteiger partial charge is 0.381 e. The van der Waals surface area contributed by atoms with Crippen LogP contribution in [0.3, 0.4) is 0 Å². The lowest BCUT2D eigenvalue weighted by Gasteiger charge is -2.32. The molecule has 124 valence electrons. The Labute approximate surface area is 138 Å². The summed E-state index contributed by atoms with van der Waals surface area (Å²) in [4.78, 5) is 17.4. The number of amides is 1. The second-order valence-electron chi connectivity index (χ2n) is 7.37. The third kappa shape index (κ3) is 3.02. The molecule has 4 nitrogen and oxygen atoms in total. The molecule has 3 aliphatic rings. The summed E-state index contributed by atoms with van der Waals surface area (Å²) in [6, 6.07) is 9.14. The highest BCUT2D eigenvalue weighted by atomic mass is 16.5. The molecule has 0 N–H and O–H groups in total. The summed E-state index contributed by atoms with van der Waals surface area (Å²) in [5.74, 6) is 1.11. The Morgan fingerprint density at radius 3 is 2.74 bits per heavy atom. The van der Waals surface area contributed by atoms with Crippen molar-refractivity contribution < 1.29 is 9.53 Å². The fraction of sp³-hybridized carbons (Fsp3) is 0.632. The quantitative estimate of drug-likeness (QED) is 0.856. The Hall–Kier alpha value is -1.39. The first-order chi connectivity index (χ1) is 11.2. The topological polar surface area (TPSA) is 32.8 Å². The second-order valence-corrected chi connectivity index (χ2v) is 7.37. The molecule has 1 aromatic rings. The lowest BCUT2D eigenvalue weighted by Crippen LogP contribution is -2.40. The molecular weight excluding hydrogens is 288 g/mol. The normalized spacial score (nSPS) is 29.3. The molecule has 4 rings (SSSR count). The van der Waals surface area contributed by atoms with Crippen LogP contribution in [0.5, 0.6) is 0 Å². The van der Waals surface area contributed by atoms with Crippen molar-refractivity contribution in [3.05, 3.63) is 35.4 Å². The van der Waals surface area contributed by atoms with E-state index in [1.54, 1.807) is 0 Å². The summed E-state index contributed by atoms with van der Waals surface area (Å²) in [5, 5.41) is 0. The molecule has 1 aromatic carbocycles. The van der Waals surface area contributed by atoms with E-state index >= 15 is 0 Å². The van der Waals surface area contributed by atoms with E-state index in [0.717, 1.165) is 52.2 Å². The van der Waals surface area contributed by atoms with Crippen molar-refractivity contribution in [3.8, 4) is 0 Å². The van der Waals surface area contributed by atoms with Gasteiger partial charge in [0, 0.05) is 51.4 Å². The van der Waals surface area contributed by atoms with Crippen molar-refractivity contribution in [2.45, 2.75) is 32.4 Å². The van der Waals surface area contributed by atoms with Gasteiger partial charge in [0.25, 0.3) is 0 Å². The van der Waals surface area contributed by atoms with Crippen LogP contribution in [-0.2, 0) is 16.1 Å². The van der Waals surface area contributed by atoms with Gasteiger partial charge in [0.1, 0.15) is 0 Å². The minimum Gasteiger partial charge on any atom is -0.381 e. The zero-order chi connectivity index (χ0) is 15.8. The molecule has 0 aliphatic carbocycles. The fourth-order valence-electron chi connectivity index (χ4n) is 4.50. The lowest BCUT2D eigenvalue weighted by atomic mass is 10.0. The van der Waals surface area contributed by atoms with Crippen molar-refractivity contribution in [2.75, 3.05) is 32.8 Å². The summed E-state index contributed by atoms with van der Waals surface area (Å²) >= 11 is 0. The van der Waals surface area contributed by atoms with Crippen molar-refractivity contribution in [2.24, 2.45) is 11.8 Å². The number of fused-ring (bicyclic) bond motifs is 1. The number of likely N-dealkylation sites (tertiary alicyclic amines) is 2. The number of carbonyl (C=O) groups is 1. The van der Waals surface area contributed by atoms with E-state index in [-0.39, 0.29) is 5.92 Å². The van der Waals surface area contributed by atoms with Gasteiger partial charge in [0.05, 0.1) is 5.92 Å². The zero-order valence-corrected chi connectivity index (χ0v) is 13.9. The van der Waals surface area contributed by atoms with E-state index in [9.17, 15) is 4.79 Å². The van der Waals surface area contributed by atoms with E-state index in [4.69, 9.17) is 4.74 Å². The highest BCUT2D eigenvalue weighted by Crippen LogP contribution is 2.35. The van der Waals surface area contributed by atoms with Gasteiger partial charge in [0.15, 0.2) is 0 Å². The molecule has 3 saturated heterocycles. The lowest BCUT2D eigenvalue weighted by molar-refractivity contribution is -0.131. The molecule has 23 heavy (non-hydrogen) atoms. The molecule has 0 saturated carbocycles. The SMILES string of the molecule is Cc1cccc(CN2C[C@@H]3CN(C4CCOCC4)C[C@@H]3C2=O)c1. The van der Waals surface area contributed by atoms with Crippen molar-refractivity contribution in [3.63, 3.8) is 0 Å². The van der Waals surface area contributed by atoms with E-state index < -0.39 is 0 Å². The number of hydrogen-bond donors (Lipinski definition) is 0. The molecule has 0 bridgehead atoms. The van der Waals surface area contributed by atoms with E-state index in [1.165, 1.54) is 11.1 Å². The Balaban J connectivity index is 1.38. The number of rotatable bonds is 3. The molecule has 0 spiro atoms. The molecule has 2 atom stereocenters. The van der Waals surface area contributed by atoms with Gasteiger partial charge in [-0.15, -0.1) is 0 Å². The number of ether oxygens (including phenoxy) is 1. The summed E-state index contributed by atoms with van der Waals surface area (Å²) in [7, 11) is 0. The molecular formula is C19H26N2O2. The molecule has 3 fully saturated rings. The van der Waals surface area contributed by atoms with Crippen LogP contribution < -0.4 is 0 Å². The van der Waals surface area contributed by atoms with Crippen LogP contribution in [-0.4, -0.2) is 54.6 Å². The van der Waals surface area contributed by atoms with E-state index in [1.807, 2.05) is 0 Å². The first kappa shape index (κ1) is 15.2. The van der Waals surface area contributed by atoms with Crippen LogP contribution in [0.1, 0.15) is 24.0 Å². The number of hydrogen-bond acceptors (Lipinski definition) is 3. The van der Waals surface area contributed by atoms with Gasteiger partial charge < -0.3 is 9.64 Å². The molecule has 0 unspecified atom stereocenters. The van der Waals surface area contributed by atoms with Gasteiger partial charge in [-0.05, 0) is 25.3 Å². The summed E-state index contributed by atoms with van der Waals surface area (Å²) in [6.07, 6.45) is 2.25. The van der Waals surface area contributed by atoms with Gasteiger partial charge in [-0.2, -0.15) is 0 Å². The van der Waals surface area contributed by atoms with Gasteiger partial charge in [-0.1, -0.05) is 29.8 Å². The fourth-order valence-corrected chi connectivity index (χ4v) is 4.50. The van der Waals surface area contributed by atoms with Crippen molar-refractivity contribution in [1.29, 1.82) is 0 Å². The van der Waals surface area contributed by atoms with E-state index in [0.29, 0.717) is 17.9 Å². The summed E-state index contributed by atoms with van der Waals surface area (Å²) in [6.45, 7) is 7.61. The van der Waals surface area contributed by atoms with Crippen LogP contribution in [0.25, 0.3) is 0 Å². The van der Waals surface area contributed by atoms with Gasteiger partial charge in [-0.3, -0.25) is 9.69 Å². The smallest absolute Gasteiger partial charge is 0.227 e. The molecule has 0 radical (unpaired) electrons. The first-order valence-corrected chi connectivity index (χ1v) is 8.87. The number of aryl methyl sites for hydroxylation is 1. The van der Waals surface area contributed by atoms with Crippen LogP contribution in [0, 0.1) is 18.8 Å². The predicted octanol–water partition coefficient (Wildman–Crippen LogP) is 2.06. The predicted molar refractivity (Wildman–Crippen MR) is 89.0 cm³/mol. The molecule has 0 aromatic heterocycles. The summed E-state index contributed by atoms with van der Waals surface area (Å²) in [5.41, 5.74) is 2.51. The Bertz CT molecular complexity index is 582. The molecule has 4 heteroatoms. The van der Waals surface area contributed by atoms with Crippen LogP contribution in [0.4, 0.5) is 0 Å².